The summed E-state index contributed by atoms with van der Waals surface area (Å²) < 4.78 is 27.3. The summed E-state index contributed by atoms with van der Waals surface area (Å²) in [4.78, 5) is 29.0. The van der Waals surface area contributed by atoms with E-state index in [1.54, 1.807) is 17.0 Å². The quantitative estimate of drug-likeness (QED) is 0.771. The Bertz CT molecular complexity index is 1030. The smallest absolute Gasteiger partial charge is 0.270 e. The Labute approximate surface area is 185 Å². The van der Waals surface area contributed by atoms with Gasteiger partial charge >= 0.3 is 0 Å². The van der Waals surface area contributed by atoms with Crippen molar-refractivity contribution in [3.8, 4) is 0 Å². The van der Waals surface area contributed by atoms with Gasteiger partial charge in [0, 0.05) is 44.7 Å². The fraction of sp³-hybridized carbons (Fsp3) is 0.348. The molecule has 1 saturated heterocycles. The van der Waals surface area contributed by atoms with Crippen LogP contribution in [0.15, 0.2) is 53.6 Å². The van der Waals surface area contributed by atoms with Gasteiger partial charge in [-0.25, -0.2) is 8.78 Å². The van der Waals surface area contributed by atoms with Crippen molar-refractivity contribution >= 4 is 23.2 Å². The Balaban J connectivity index is 1.44. The highest BCUT2D eigenvalue weighted by Gasteiger charge is 2.36. The summed E-state index contributed by atoms with van der Waals surface area (Å²) in [6.07, 6.45) is 0.843. The molecule has 9 heteroatoms. The first-order chi connectivity index (χ1) is 15.4. The lowest BCUT2D eigenvalue weighted by Crippen LogP contribution is -2.41. The van der Waals surface area contributed by atoms with Gasteiger partial charge in [-0.2, -0.15) is 5.10 Å². The van der Waals surface area contributed by atoms with Crippen molar-refractivity contribution in [2.75, 3.05) is 31.2 Å². The van der Waals surface area contributed by atoms with E-state index in [0.717, 1.165) is 13.0 Å². The van der Waals surface area contributed by atoms with E-state index in [1.807, 2.05) is 6.07 Å². The zero-order chi connectivity index (χ0) is 22.7. The molecule has 2 aromatic rings. The van der Waals surface area contributed by atoms with E-state index in [-0.39, 0.29) is 23.9 Å². The molecule has 0 bridgehead atoms. The summed E-state index contributed by atoms with van der Waals surface area (Å²) in [5.74, 6) is -1.49. The molecule has 2 aromatic carbocycles. The third-order valence-electron chi connectivity index (χ3n) is 5.80. The van der Waals surface area contributed by atoms with Crippen molar-refractivity contribution in [1.29, 1.82) is 0 Å². The molecule has 0 aliphatic carbocycles. The highest BCUT2D eigenvalue weighted by Crippen LogP contribution is 2.25. The number of carbonyl (C=O) groups excluding carboxylic acids is 2. The van der Waals surface area contributed by atoms with Crippen LogP contribution in [-0.2, 0) is 16.1 Å². The maximum Gasteiger partial charge on any atom is 0.270 e. The number of hydrazone groups is 1. The number of hydrogen-bond acceptors (Lipinski definition) is 5. The Hall–Kier alpha value is -3.33. The minimum atomic E-state index is -0.802. The van der Waals surface area contributed by atoms with Crippen LogP contribution in [0.25, 0.3) is 0 Å². The lowest BCUT2D eigenvalue weighted by atomic mass is 10.1. The zero-order valence-corrected chi connectivity index (χ0v) is 17.6. The molecule has 0 saturated carbocycles. The average molecular weight is 441 g/mol. The lowest BCUT2D eigenvalue weighted by molar-refractivity contribution is -0.124. The second-order valence-corrected chi connectivity index (χ2v) is 8.00. The van der Waals surface area contributed by atoms with Crippen LogP contribution in [0.2, 0.25) is 0 Å². The summed E-state index contributed by atoms with van der Waals surface area (Å²) in [5.41, 5.74) is 6.91. The van der Waals surface area contributed by atoms with Crippen LogP contribution in [0, 0.1) is 11.6 Å². The number of primary amides is 1. The molecule has 0 aromatic heterocycles. The minimum absolute atomic E-state index is 0.0982. The lowest BCUT2D eigenvalue weighted by Gasteiger charge is -2.22. The van der Waals surface area contributed by atoms with Gasteiger partial charge < -0.3 is 10.6 Å². The van der Waals surface area contributed by atoms with Crippen LogP contribution in [0.3, 0.4) is 0 Å². The summed E-state index contributed by atoms with van der Waals surface area (Å²) in [5, 5.41) is 5.75. The summed E-state index contributed by atoms with van der Waals surface area (Å²) in [6, 6.07) is 11.4. The molecule has 1 unspecified atom stereocenters. The largest absolute Gasteiger partial charge is 0.368 e. The predicted molar refractivity (Wildman–Crippen MR) is 117 cm³/mol. The van der Waals surface area contributed by atoms with Crippen molar-refractivity contribution in [2.45, 2.75) is 25.4 Å². The van der Waals surface area contributed by atoms with Gasteiger partial charge in [-0.3, -0.25) is 19.5 Å². The second kappa shape index (κ2) is 9.44. The molecule has 1 atom stereocenters. The molecule has 32 heavy (non-hydrogen) atoms. The summed E-state index contributed by atoms with van der Waals surface area (Å²) >= 11 is 0. The Morgan fingerprint density at radius 3 is 2.47 bits per heavy atom. The fourth-order valence-corrected chi connectivity index (χ4v) is 4.08. The molecule has 0 spiro atoms. The standard InChI is InChI=1S/C23H25F2N5O2/c24-17-6-8-18(9-7-17)30-21(22(26)31)14-20(27-30)23(32)29-11-3-10-28(12-13-29)15-16-4-1-2-5-19(16)25/h1-2,4-9,21H,3,10-15H2,(H2,26,31). The number of hydrogen-bond donors (Lipinski definition) is 1. The van der Waals surface area contributed by atoms with Gasteiger partial charge in [-0.05, 0) is 36.8 Å². The van der Waals surface area contributed by atoms with Crippen molar-refractivity contribution < 1.29 is 18.4 Å². The van der Waals surface area contributed by atoms with E-state index in [0.29, 0.717) is 37.4 Å². The van der Waals surface area contributed by atoms with E-state index < -0.39 is 17.8 Å². The van der Waals surface area contributed by atoms with Crippen LogP contribution < -0.4 is 10.7 Å². The molecule has 4 rings (SSSR count). The van der Waals surface area contributed by atoms with Gasteiger partial charge in [0.2, 0.25) is 5.91 Å². The maximum absolute atomic E-state index is 14.0. The first-order valence-corrected chi connectivity index (χ1v) is 10.6. The van der Waals surface area contributed by atoms with Gasteiger partial charge in [-0.1, -0.05) is 18.2 Å². The monoisotopic (exact) mass is 441 g/mol. The highest BCUT2D eigenvalue weighted by atomic mass is 19.1. The van der Waals surface area contributed by atoms with E-state index in [1.165, 1.54) is 35.3 Å². The zero-order valence-electron chi connectivity index (χ0n) is 17.6. The molecule has 2 aliphatic rings. The SMILES string of the molecule is NC(=O)C1CC(C(=O)N2CCCN(Cc3ccccc3F)CC2)=NN1c1ccc(F)cc1. The van der Waals surface area contributed by atoms with Crippen molar-refractivity contribution in [3.05, 3.63) is 65.7 Å². The van der Waals surface area contributed by atoms with Gasteiger partial charge in [0.1, 0.15) is 23.4 Å². The fourth-order valence-electron chi connectivity index (χ4n) is 4.08. The minimum Gasteiger partial charge on any atom is -0.368 e. The molecule has 168 valence electrons. The molecule has 2 aliphatic heterocycles. The molecule has 1 fully saturated rings. The van der Waals surface area contributed by atoms with Gasteiger partial charge in [0.05, 0.1) is 5.69 Å². The molecule has 0 radical (unpaired) electrons. The number of carbonyl (C=O) groups is 2. The molecule has 2 N–H and O–H groups in total. The van der Waals surface area contributed by atoms with Crippen LogP contribution in [0.1, 0.15) is 18.4 Å². The van der Waals surface area contributed by atoms with E-state index >= 15 is 0 Å². The van der Waals surface area contributed by atoms with Crippen LogP contribution in [-0.4, -0.2) is 59.5 Å². The first kappa shape index (κ1) is 21.9. The van der Waals surface area contributed by atoms with Gasteiger partial charge in [0.15, 0.2) is 0 Å². The molecule has 7 nitrogen and oxygen atoms in total. The van der Waals surface area contributed by atoms with Gasteiger partial charge in [0.25, 0.3) is 5.91 Å². The number of nitrogens with zero attached hydrogens (tertiary/aromatic N) is 4. The molecular formula is C23H25F2N5O2. The van der Waals surface area contributed by atoms with Crippen LogP contribution in [0.4, 0.5) is 14.5 Å². The normalized spacial score (nSPS) is 19.6. The maximum atomic E-state index is 14.0. The molecular weight excluding hydrogens is 416 g/mol. The summed E-state index contributed by atoms with van der Waals surface area (Å²) in [7, 11) is 0. The number of rotatable bonds is 5. The van der Waals surface area contributed by atoms with Crippen molar-refractivity contribution in [1.82, 2.24) is 9.80 Å². The second-order valence-electron chi connectivity index (χ2n) is 8.00. The number of benzene rings is 2. The number of halogens is 2. The van der Waals surface area contributed by atoms with E-state index in [4.69, 9.17) is 5.73 Å². The number of anilines is 1. The Morgan fingerprint density at radius 1 is 1.00 bits per heavy atom. The highest BCUT2D eigenvalue weighted by molar-refractivity contribution is 6.40. The van der Waals surface area contributed by atoms with Crippen molar-refractivity contribution in [3.63, 3.8) is 0 Å². The number of amides is 2. The van der Waals surface area contributed by atoms with E-state index in [9.17, 15) is 18.4 Å². The summed E-state index contributed by atoms with van der Waals surface area (Å²) in [6.45, 7) is 2.86. The Kier molecular flexibility index (Phi) is 6.45. The molecule has 2 amide bonds. The predicted octanol–water partition coefficient (Wildman–Crippen LogP) is 2.12. The number of nitrogens with two attached hydrogens (primary N) is 1. The van der Waals surface area contributed by atoms with Gasteiger partial charge in [-0.15, -0.1) is 0 Å². The Morgan fingerprint density at radius 2 is 1.75 bits per heavy atom. The van der Waals surface area contributed by atoms with Crippen LogP contribution in [0.5, 0.6) is 0 Å². The topological polar surface area (TPSA) is 82.2 Å². The third kappa shape index (κ3) is 4.77. The molecule has 2 heterocycles. The average Bonchev–Trinajstić information content (AvgIpc) is 3.10. The third-order valence-corrected chi connectivity index (χ3v) is 5.80. The van der Waals surface area contributed by atoms with Crippen molar-refractivity contribution in [2.24, 2.45) is 10.8 Å². The van der Waals surface area contributed by atoms with Crippen LogP contribution >= 0.6 is 0 Å². The van der Waals surface area contributed by atoms with E-state index in [2.05, 4.69) is 10.0 Å². The first-order valence-electron chi connectivity index (χ1n) is 10.6.